The van der Waals surface area contributed by atoms with Gasteiger partial charge in [0.1, 0.15) is 31.4 Å². The number of aromatic nitrogens is 4. The molecule has 5 N–H and O–H groups in total. The molecule has 0 amide bonds. The number of nitrogens with two attached hydrogens (primary N) is 1. The van der Waals surface area contributed by atoms with Crippen molar-refractivity contribution in [3.8, 4) is 0 Å². The van der Waals surface area contributed by atoms with E-state index in [1.165, 1.54) is 21.8 Å². The molecule has 16 nitrogen and oxygen atoms in total. The molecule has 0 radical (unpaired) electrons. The van der Waals surface area contributed by atoms with Gasteiger partial charge in [0, 0.05) is 0 Å². The molecule has 0 aliphatic carbocycles. The molecule has 172 valence electrons. The summed E-state index contributed by atoms with van der Waals surface area (Å²) in [4.78, 5) is 29.8. The maximum absolute atomic E-state index is 11.9. The number of aliphatic hydroxyl groups is 2. The molecule has 2 aromatic rings. The Kier molecular flexibility index (Phi) is 6.15. The molecule has 31 heavy (non-hydrogen) atoms. The Morgan fingerprint density at radius 3 is 2.77 bits per heavy atom. The zero-order valence-electron chi connectivity index (χ0n) is 15.7. The number of hydrogen-bond donors (Lipinski definition) is 4. The van der Waals surface area contributed by atoms with Crippen molar-refractivity contribution < 1.29 is 56.5 Å². The molecular weight excluding hydrogens is 464 g/mol. The Bertz CT molecular complexity index is 1070. The summed E-state index contributed by atoms with van der Waals surface area (Å²) in [5, 5.41) is 20.6. The van der Waals surface area contributed by atoms with Gasteiger partial charge >= 0.3 is 7.82 Å². The van der Waals surface area contributed by atoms with Crippen LogP contribution in [0.4, 0.5) is 5.82 Å². The molecular formula is C13H19N5O11P2. The average molecular weight is 483 g/mol. The van der Waals surface area contributed by atoms with Crippen LogP contribution in [0.15, 0.2) is 12.7 Å². The normalized spacial score (nSPS) is 37.8. The zero-order valence-corrected chi connectivity index (χ0v) is 17.4. The van der Waals surface area contributed by atoms with Gasteiger partial charge in [-0.25, -0.2) is 18.4 Å². The summed E-state index contributed by atoms with van der Waals surface area (Å²) in [7, 11) is -10.4. The second kappa shape index (κ2) is 8.42. The molecule has 1 fully saturated rings. The van der Waals surface area contributed by atoms with E-state index in [0.29, 0.717) is 5.65 Å². The second-order valence-electron chi connectivity index (χ2n) is 6.63. The first-order valence-corrected chi connectivity index (χ1v) is 11.8. The molecule has 5 heterocycles. The number of aliphatic hydroxyl groups excluding tert-OH is 2. The number of phosphoric acid groups is 2. The zero-order chi connectivity index (χ0) is 22.4. The van der Waals surface area contributed by atoms with E-state index in [9.17, 15) is 29.1 Å². The lowest BCUT2D eigenvalue weighted by Gasteiger charge is -2.25. The SMILES string of the molecule is Nc1c2ncn3c2nc[n+]1[C@@H]1O[C@H](COP(=O)(O)OP(=O)([O-])OCCOC3)[C@@H](O)[C@H]1O. The van der Waals surface area contributed by atoms with Crippen molar-refractivity contribution in [2.75, 3.05) is 25.6 Å². The second-order valence-corrected chi connectivity index (χ2v) is 9.63. The van der Waals surface area contributed by atoms with Gasteiger partial charge in [-0.3, -0.25) is 13.7 Å². The first-order chi connectivity index (χ1) is 14.6. The van der Waals surface area contributed by atoms with E-state index in [4.69, 9.17) is 15.2 Å². The Hall–Kier alpha value is -1.55. The maximum atomic E-state index is 11.9. The summed E-state index contributed by atoms with van der Waals surface area (Å²) in [5.41, 5.74) is 6.73. The van der Waals surface area contributed by atoms with Crippen LogP contribution in [-0.4, -0.2) is 67.8 Å². The fourth-order valence-corrected chi connectivity index (χ4v) is 5.12. The number of nitrogen functional groups attached to an aromatic ring is 1. The van der Waals surface area contributed by atoms with Crippen molar-refractivity contribution in [2.24, 2.45) is 0 Å². The molecule has 0 saturated carbocycles. The lowest BCUT2D eigenvalue weighted by atomic mass is 10.1. The third-order valence-electron chi connectivity index (χ3n) is 4.56. The third kappa shape index (κ3) is 4.65. The average Bonchev–Trinajstić information content (AvgIpc) is 3.21. The molecule has 6 atom stereocenters. The molecule has 5 rings (SSSR count). The summed E-state index contributed by atoms with van der Waals surface area (Å²) in [6.45, 7) is -1.62. The number of anilines is 1. The number of phosphoric ester groups is 2. The number of nitrogens with zero attached hydrogens (tertiary/aromatic N) is 4. The van der Waals surface area contributed by atoms with Crippen LogP contribution in [0.5, 0.6) is 0 Å². The Morgan fingerprint density at radius 1 is 1.23 bits per heavy atom. The Morgan fingerprint density at radius 2 is 2.00 bits per heavy atom. The summed E-state index contributed by atoms with van der Waals surface area (Å²) in [6.07, 6.45) is -3.03. The van der Waals surface area contributed by atoms with Gasteiger partial charge < -0.3 is 39.7 Å². The minimum Gasteiger partial charge on any atom is -0.756 e. The molecule has 2 aromatic heterocycles. The number of fused-ring (bicyclic) bond motifs is 10. The van der Waals surface area contributed by atoms with Crippen LogP contribution in [-0.2, 0) is 38.7 Å². The molecule has 6 bridgehead atoms. The van der Waals surface area contributed by atoms with Crippen LogP contribution in [0.25, 0.3) is 11.2 Å². The molecule has 3 aliphatic heterocycles. The van der Waals surface area contributed by atoms with E-state index < -0.39 is 53.4 Å². The van der Waals surface area contributed by atoms with Crippen molar-refractivity contribution in [3.05, 3.63) is 12.7 Å². The quantitative estimate of drug-likeness (QED) is 0.225. The lowest BCUT2D eigenvalue weighted by Crippen LogP contribution is -2.48. The number of ether oxygens (including phenoxy) is 2. The number of imidazole rings is 1. The fourth-order valence-electron chi connectivity index (χ4n) is 3.10. The van der Waals surface area contributed by atoms with Crippen LogP contribution in [0.3, 0.4) is 0 Å². The first kappa shape index (κ1) is 22.6. The Balaban J connectivity index is 1.68. The van der Waals surface area contributed by atoms with Crippen molar-refractivity contribution in [2.45, 2.75) is 31.3 Å². The van der Waals surface area contributed by atoms with Crippen LogP contribution >= 0.6 is 15.6 Å². The molecule has 1 saturated heterocycles. The highest BCUT2D eigenvalue weighted by Gasteiger charge is 2.47. The van der Waals surface area contributed by atoms with E-state index in [1.807, 2.05) is 0 Å². The van der Waals surface area contributed by atoms with Gasteiger partial charge in [0.05, 0.1) is 19.8 Å². The van der Waals surface area contributed by atoms with Gasteiger partial charge in [-0.15, -0.1) is 0 Å². The van der Waals surface area contributed by atoms with Gasteiger partial charge in [0.25, 0.3) is 13.6 Å². The molecule has 3 aliphatic rings. The summed E-state index contributed by atoms with van der Waals surface area (Å²) >= 11 is 0. The van der Waals surface area contributed by atoms with Crippen LogP contribution in [0.1, 0.15) is 6.23 Å². The van der Waals surface area contributed by atoms with Gasteiger partial charge in [0.15, 0.2) is 5.52 Å². The van der Waals surface area contributed by atoms with Gasteiger partial charge in [0.2, 0.25) is 18.2 Å². The molecule has 0 aromatic carbocycles. The summed E-state index contributed by atoms with van der Waals surface area (Å²) < 4.78 is 50.3. The summed E-state index contributed by atoms with van der Waals surface area (Å²) in [5.74, 6) is 0.0643. The summed E-state index contributed by atoms with van der Waals surface area (Å²) in [6, 6.07) is 0. The van der Waals surface area contributed by atoms with E-state index in [1.54, 1.807) is 0 Å². The van der Waals surface area contributed by atoms with Gasteiger partial charge in [-0.05, 0) is 0 Å². The highest BCUT2D eigenvalue weighted by Crippen LogP contribution is 2.58. The van der Waals surface area contributed by atoms with Crippen LogP contribution in [0, 0.1) is 0 Å². The minimum atomic E-state index is -5.22. The van der Waals surface area contributed by atoms with E-state index in [-0.39, 0.29) is 24.7 Å². The van der Waals surface area contributed by atoms with Crippen LogP contribution < -0.4 is 15.2 Å². The number of rotatable bonds is 0. The van der Waals surface area contributed by atoms with Crippen molar-refractivity contribution in [3.63, 3.8) is 0 Å². The smallest absolute Gasteiger partial charge is 0.478 e. The first-order valence-electron chi connectivity index (χ1n) is 8.82. The van der Waals surface area contributed by atoms with Crippen molar-refractivity contribution in [1.82, 2.24) is 14.5 Å². The van der Waals surface area contributed by atoms with Crippen molar-refractivity contribution in [1.29, 1.82) is 0 Å². The largest absolute Gasteiger partial charge is 0.756 e. The van der Waals surface area contributed by atoms with E-state index in [0.717, 1.165) is 0 Å². The van der Waals surface area contributed by atoms with Gasteiger partial charge in [-0.2, -0.15) is 0 Å². The number of hydrogen-bond acceptors (Lipinski definition) is 13. The van der Waals surface area contributed by atoms with E-state index in [2.05, 4.69) is 23.3 Å². The van der Waals surface area contributed by atoms with Gasteiger partial charge in [-0.1, -0.05) is 4.98 Å². The fraction of sp³-hybridized carbons (Fsp3) is 0.615. The standard InChI is InChI=1S/C13H19N5O11P2/c14-11-8-12-16-5-18(11)13-10(20)9(19)7(28-13)3-27-31(23,24)29-30(21,22)26-2-1-25-6-17(12)4-15-8/h4-5,7,9-10,13-14,19-20H,1-3,6H2,(H2,21,22,23,24)/t7-,9-,10-,13-/m1/s1. The third-order valence-corrected chi connectivity index (χ3v) is 7.16. The Labute approximate surface area is 173 Å². The van der Waals surface area contributed by atoms with E-state index >= 15 is 0 Å². The highest BCUT2D eigenvalue weighted by molar-refractivity contribution is 7.60. The highest BCUT2D eigenvalue weighted by atomic mass is 31.3. The van der Waals surface area contributed by atoms with Crippen LogP contribution in [0.2, 0.25) is 0 Å². The predicted octanol–water partition coefficient (Wildman–Crippen LogP) is -2.47. The lowest BCUT2D eigenvalue weighted by molar-refractivity contribution is -0.755. The predicted molar refractivity (Wildman–Crippen MR) is 94.4 cm³/mol. The topological polar surface area (TPSA) is 225 Å². The maximum Gasteiger partial charge on any atom is 0.478 e. The molecule has 2 unspecified atom stereocenters. The molecule has 18 heteroatoms. The molecule has 0 spiro atoms. The van der Waals surface area contributed by atoms with Crippen molar-refractivity contribution >= 4 is 32.6 Å². The monoisotopic (exact) mass is 483 g/mol. The minimum absolute atomic E-state index is 0.0643.